The van der Waals surface area contributed by atoms with Crippen LogP contribution >= 0.6 is 0 Å². The summed E-state index contributed by atoms with van der Waals surface area (Å²) in [5.74, 6) is 0.882. The molecule has 0 heterocycles. The number of aryl methyl sites for hydroxylation is 2. The van der Waals surface area contributed by atoms with Crippen LogP contribution in [0.25, 0.3) is 0 Å². The van der Waals surface area contributed by atoms with Crippen molar-refractivity contribution in [3.8, 4) is 5.75 Å². The van der Waals surface area contributed by atoms with Crippen molar-refractivity contribution in [3.63, 3.8) is 0 Å². The van der Waals surface area contributed by atoms with Crippen LogP contribution in [-0.4, -0.2) is 26.1 Å². The molecule has 0 unspecified atom stereocenters. The van der Waals surface area contributed by atoms with Crippen LogP contribution in [0.3, 0.4) is 0 Å². The molecule has 1 aromatic carbocycles. The fourth-order valence-electron chi connectivity index (χ4n) is 1.76. The molecular formula is C14H20O3. The van der Waals surface area contributed by atoms with E-state index in [0.717, 1.165) is 42.8 Å². The molecule has 0 aliphatic carbocycles. The first kappa shape index (κ1) is 13.7. The van der Waals surface area contributed by atoms with Crippen LogP contribution in [0.15, 0.2) is 12.1 Å². The third kappa shape index (κ3) is 4.19. The molecule has 0 fully saturated rings. The number of carbonyl (C=O) groups excluding carboxylic acids is 1. The van der Waals surface area contributed by atoms with Crippen molar-refractivity contribution in [2.45, 2.75) is 27.2 Å². The van der Waals surface area contributed by atoms with E-state index in [0.29, 0.717) is 12.2 Å². The smallest absolute Gasteiger partial charge is 0.150 e. The Morgan fingerprint density at radius 1 is 1.18 bits per heavy atom. The van der Waals surface area contributed by atoms with Crippen LogP contribution in [0.4, 0.5) is 0 Å². The van der Waals surface area contributed by atoms with Gasteiger partial charge in [-0.15, -0.1) is 0 Å². The average Bonchev–Trinajstić information content (AvgIpc) is 2.31. The van der Waals surface area contributed by atoms with Crippen molar-refractivity contribution >= 4 is 6.29 Å². The molecule has 1 aromatic rings. The lowest BCUT2D eigenvalue weighted by molar-refractivity contribution is 0.112. The highest BCUT2D eigenvalue weighted by Crippen LogP contribution is 2.24. The van der Waals surface area contributed by atoms with E-state index < -0.39 is 0 Å². The Bertz CT molecular complexity index is 349. The zero-order valence-corrected chi connectivity index (χ0v) is 10.8. The predicted octanol–water partition coefficient (Wildman–Crippen LogP) is 2.92. The first-order chi connectivity index (χ1) is 8.19. The van der Waals surface area contributed by atoms with Gasteiger partial charge in [0.15, 0.2) is 0 Å². The molecule has 0 bridgehead atoms. The predicted molar refractivity (Wildman–Crippen MR) is 67.9 cm³/mol. The molecular weight excluding hydrogens is 216 g/mol. The lowest BCUT2D eigenvalue weighted by Crippen LogP contribution is -2.05. The zero-order valence-electron chi connectivity index (χ0n) is 10.8. The van der Waals surface area contributed by atoms with Gasteiger partial charge >= 0.3 is 0 Å². The Morgan fingerprint density at radius 2 is 1.82 bits per heavy atom. The van der Waals surface area contributed by atoms with E-state index in [2.05, 4.69) is 0 Å². The molecule has 1 rings (SSSR count). The van der Waals surface area contributed by atoms with Crippen molar-refractivity contribution < 1.29 is 14.3 Å². The standard InChI is InChI=1S/C14H20O3/c1-4-16-6-5-7-17-14-11(2)8-13(10-15)9-12(14)3/h8-10H,4-7H2,1-3H3. The minimum atomic E-state index is 0.641. The maximum Gasteiger partial charge on any atom is 0.150 e. The number of hydrogen-bond acceptors (Lipinski definition) is 3. The summed E-state index contributed by atoms with van der Waals surface area (Å²) in [5.41, 5.74) is 2.70. The van der Waals surface area contributed by atoms with Crippen LogP contribution in [0.2, 0.25) is 0 Å². The minimum Gasteiger partial charge on any atom is -0.493 e. The molecule has 0 spiro atoms. The fourth-order valence-corrected chi connectivity index (χ4v) is 1.76. The van der Waals surface area contributed by atoms with Crippen molar-refractivity contribution in [1.29, 1.82) is 0 Å². The third-order valence-corrected chi connectivity index (χ3v) is 2.50. The van der Waals surface area contributed by atoms with Gasteiger partial charge in [0.05, 0.1) is 6.61 Å². The summed E-state index contributed by atoms with van der Waals surface area (Å²) < 4.78 is 11.0. The van der Waals surface area contributed by atoms with Gasteiger partial charge in [-0.1, -0.05) is 0 Å². The molecule has 3 heteroatoms. The molecule has 0 N–H and O–H groups in total. The zero-order chi connectivity index (χ0) is 12.7. The monoisotopic (exact) mass is 236 g/mol. The third-order valence-electron chi connectivity index (χ3n) is 2.50. The van der Waals surface area contributed by atoms with E-state index in [1.54, 1.807) is 0 Å². The van der Waals surface area contributed by atoms with Crippen molar-refractivity contribution in [1.82, 2.24) is 0 Å². The second kappa shape index (κ2) is 7.07. The van der Waals surface area contributed by atoms with Crippen LogP contribution in [0, 0.1) is 13.8 Å². The molecule has 0 aromatic heterocycles. The Labute approximate surface area is 103 Å². The summed E-state index contributed by atoms with van der Waals surface area (Å²) in [4.78, 5) is 10.7. The first-order valence-corrected chi connectivity index (χ1v) is 5.96. The molecule has 0 aliphatic heterocycles. The van der Waals surface area contributed by atoms with Gasteiger partial charge in [0, 0.05) is 25.2 Å². The van der Waals surface area contributed by atoms with E-state index >= 15 is 0 Å². The van der Waals surface area contributed by atoms with E-state index in [1.165, 1.54) is 0 Å². The van der Waals surface area contributed by atoms with Gasteiger partial charge in [-0.05, 0) is 44.0 Å². The average molecular weight is 236 g/mol. The van der Waals surface area contributed by atoms with Crippen LogP contribution in [0.5, 0.6) is 5.75 Å². The summed E-state index contributed by atoms with van der Waals surface area (Å²) in [7, 11) is 0. The number of aldehydes is 1. The highest BCUT2D eigenvalue weighted by molar-refractivity contribution is 5.76. The number of benzene rings is 1. The molecule has 0 amide bonds. The molecule has 3 nitrogen and oxygen atoms in total. The Balaban J connectivity index is 2.56. The molecule has 0 saturated carbocycles. The second-order valence-corrected chi connectivity index (χ2v) is 4.00. The fraction of sp³-hybridized carbons (Fsp3) is 0.500. The van der Waals surface area contributed by atoms with Crippen molar-refractivity contribution in [2.75, 3.05) is 19.8 Å². The van der Waals surface area contributed by atoms with E-state index in [-0.39, 0.29) is 0 Å². The van der Waals surface area contributed by atoms with Gasteiger partial charge in [0.1, 0.15) is 12.0 Å². The molecule has 17 heavy (non-hydrogen) atoms. The summed E-state index contributed by atoms with van der Waals surface area (Å²) in [5, 5.41) is 0. The van der Waals surface area contributed by atoms with Gasteiger partial charge in [-0.25, -0.2) is 0 Å². The van der Waals surface area contributed by atoms with Gasteiger partial charge < -0.3 is 9.47 Å². The lowest BCUT2D eigenvalue weighted by atomic mass is 10.1. The van der Waals surface area contributed by atoms with Gasteiger partial charge in [0.25, 0.3) is 0 Å². The maximum absolute atomic E-state index is 10.7. The van der Waals surface area contributed by atoms with Crippen molar-refractivity contribution in [3.05, 3.63) is 28.8 Å². The highest BCUT2D eigenvalue weighted by atomic mass is 16.5. The topological polar surface area (TPSA) is 35.5 Å². The summed E-state index contributed by atoms with van der Waals surface area (Å²) >= 11 is 0. The Kier molecular flexibility index (Phi) is 5.70. The normalized spacial score (nSPS) is 10.3. The van der Waals surface area contributed by atoms with Crippen LogP contribution in [-0.2, 0) is 4.74 Å². The van der Waals surface area contributed by atoms with E-state index in [1.807, 2.05) is 32.9 Å². The van der Waals surface area contributed by atoms with Gasteiger partial charge in [0.2, 0.25) is 0 Å². The van der Waals surface area contributed by atoms with E-state index in [9.17, 15) is 4.79 Å². The number of hydrogen-bond donors (Lipinski definition) is 0. The molecule has 0 atom stereocenters. The Hall–Kier alpha value is -1.35. The van der Waals surface area contributed by atoms with Crippen molar-refractivity contribution in [2.24, 2.45) is 0 Å². The summed E-state index contributed by atoms with van der Waals surface area (Å²) in [6.07, 6.45) is 1.74. The molecule has 94 valence electrons. The minimum absolute atomic E-state index is 0.641. The molecule has 0 saturated heterocycles. The maximum atomic E-state index is 10.7. The Morgan fingerprint density at radius 3 is 2.35 bits per heavy atom. The SMILES string of the molecule is CCOCCCOc1c(C)cc(C=O)cc1C. The van der Waals surface area contributed by atoms with Gasteiger partial charge in [-0.3, -0.25) is 4.79 Å². The van der Waals surface area contributed by atoms with E-state index in [4.69, 9.17) is 9.47 Å². The number of carbonyl (C=O) groups is 1. The summed E-state index contributed by atoms with van der Waals surface area (Å²) in [6.45, 7) is 8.00. The van der Waals surface area contributed by atoms with Crippen LogP contribution < -0.4 is 4.74 Å². The first-order valence-electron chi connectivity index (χ1n) is 5.96. The van der Waals surface area contributed by atoms with Gasteiger partial charge in [-0.2, -0.15) is 0 Å². The molecule has 0 aliphatic rings. The van der Waals surface area contributed by atoms with Crippen LogP contribution in [0.1, 0.15) is 34.8 Å². The largest absolute Gasteiger partial charge is 0.493 e. The lowest BCUT2D eigenvalue weighted by Gasteiger charge is -2.12. The molecule has 0 radical (unpaired) electrons. The highest BCUT2D eigenvalue weighted by Gasteiger charge is 2.05. The summed E-state index contributed by atoms with van der Waals surface area (Å²) in [6, 6.07) is 3.69. The second-order valence-electron chi connectivity index (χ2n) is 4.00. The quantitative estimate of drug-likeness (QED) is 0.539. The number of rotatable bonds is 7. The number of ether oxygens (including phenoxy) is 2.